The highest BCUT2D eigenvalue weighted by atomic mass is 16.1. The lowest BCUT2D eigenvalue weighted by Crippen LogP contribution is -2.42. The van der Waals surface area contributed by atoms with Gasteiger partial charge >= 0.3 is 0 Å². The molecule has 0 rings (SSSR count). The molecule has 1 amide bonds. The molecule has 11 heavy (non-hydrogen) atoms. The Morgan fingerprint density at radius 1 is 1.55 bits per heavy atom. The predicted octanol–water partition coefficient (Wildman–Crippen LogP) is 0.640. The maximum Gasteiger partial charge on any atom is 0.219 e. The topological polar surface area (TPSA) is 55.1 Å². The molecule has 0 atom stereocenters. The molecule has 0 aliphatic heterocycles. The van der Waals surface area contributed by atoms with E-state index in [1.807, 2.05) is 13.8 Å². The molecule has 0 saturated heterocycles. The van der Waals surface area contributed by atoms with Gasteiger partial charge in [0.25, 0.3) is 0 Å². The van der Waals surface area contributed by atoms with Crippen molar-refractivity contribution in [1.29, 1.82) is 0 Å². The highest BCUT2D eigenvalue weighted by Gasteiger charge is 2.18. The zero-order valence-electron chi connectivity index (χ0n) is 7.61. The first-order valence-electron chi connectivity index (χ1n) is 4.01. The van der Waals surface area contributed by atoms with Crippen LogP contribution in [0.3, 0.4) is 0 Å². The quantitative estimate of drug-likeness (QED) is 0.617. The molecule has 0 aromatic rings. The Morgan fingerprint density at radius 3 is 2.45 bits per heavy atom. The van der Waals surface area contributed by atoms with Gasteiger partial charge in [-0.15, -0.1) is 0 Å². The third-order valence-corrected chi connectivity index (χ3v) is 1.47. The third kappa shape index (κ3) is 5.85. The van der Waals surface area contributed by atoms with Gasteiger partial charge in [0.1, 0.15) is 0 Å². The summed E-state index contributed by atoms with van der Waals surface area (Å²) < 4.78 is 0. The van der Waals surface area contributed by atoms with Crippen LogP contribution in [0, 0.1) is 0 Å². The molecule has 0 bridgehead atoms. The second kappa shape index (κ2) is 4.34. The van der Waals surface area contributed by atoms with Crippen molar-refractivity contribution in [3.8, 4) is 0 Å². The molecule has 0 aliphatic rings. The molecule has 3 N–H and O–H groups in total. The Morgan fingerprint density at radius 2 is 2.09 bits per heavy atom. The normalized spacial score (nSPS) is 11.5. The smallest absolute Gasteiger partial charge is 0.219 e. The van der Waals surface area contributed by atoms with Gasteiger partial charge in [0.2, 0.25) is 5.91 Å². The average molecular weight is 158 g/mol. The van der Waals surface area contributed by atoms with Gasteiger partial charge < -0.3 is 11.1 Å². The zero-order chi connectivity index (χ0) is 8.91. The molecule has 0 fully saturated rings. The largest absolute Gasteiger partial charge is 0.370 e. The van der Waals surface area contributed by atoms with E-state index in [2.05, 4.69) is 12.2 Å². The summed E-state index contributed by atoms with van der Waals surface area (Å²) in [6, 6.07) is 0. The van der Waals surface area contributed by atoms with Crippen LogP contribution >= 0.6 is 0 Å². The van der Waals surface area contributed by atoms with Gasteiger partial charge in [-0.1, -0.05) is 6.92 Å². The molecule has 0 saturated carbocycles. The average Bonchev–Trinajstić information content (AvgIpc) is 1.81. The second-order valence-corrected chi connectivity index (χ2v) is 3.45. The number of rotatable bonds is 5. The van der Waals surface area contributed by atoms with Crippen molar-refractivity contribution in [2.24, 2.45) is 5.73 Å². The first-order chi connectivity index (χ1) is 4.98. The van der Waals surface area contributed by atoms with E-state index in [1.54, 1.807) is 0 Å². The van der Waals surface area contributed by atoms with E-state index in [0.717, 1.165) is 13.0 Å². The second-order valence-electron chi connectivity index (χ2n) is 3.45. The molecular weight excluding hydrogens is 140 g/mol. The number of carbonyl (C=O) groups excluding carboxylic acids is 1. The van der Waals surface area contributed by atoms with Crippen LogP contribution in [0.15, 0.2) is 0 Å². The van der Waals surface area contributed by atoms with Crippen LogP contribution in [0.1, 0.15) is 33.6 Å². The van der Waals surface area contributed by atoms with Gasteiger partial charge in [0.15, 0.2) is 0 Å². The summed E-state index contributed by atoms with van der Waals surface area (Å²) in [6.45, 7) is 6.98. The van der Waals surface area contributed by atoms with Crippen molar-refractivity contribution in [2.45, 2.75) is 39.2 Å². The van der Waals surface area contributed by atoms with E-state index in [-0.39, 0.29) is 11.4 Å². The number of amides is 1. The Bertz CT molecular complexity index is 132. The van der Waals surface area contributed by atoms with Gasteiger partial charge in [-0.2, -0.15) is 0 Å². The van der Waals surface area contributed by atoms with E-state index < -0.39 is 0 Å². The lowest BCUT2D eigenvalue weighted by Gasteiger charge is -2.24. The van der Waals surface area contributed by atoms with Crippen LogP contribution in [0.5, 0.6) is 0 Å². The monoisotopic (exact) mass is 158 g/mol. The Labute approximate surface area is 68.3 Å². The summed E-state index contributed by atoms with van der Waals surface area (Å²) in [7, 11) is 0. The number of nitrogens with two attached hydrogens (primary N) is 1. The van der Waals surface area contributed by atoms with Gasteiger partial charge in [0, 0.05) is 12.0 Å². The van der Waals surface area contributed by atoms with Gasteiger partial charge in [-0.05, 0) is 26.8 Å². The molecular formula is C8H18N2O. The number of nitrogens with one attached hydrogen (secondary N) is 1. The molecule has 3 heteroatoms. The lowest BCUT2D eigenvalue weighted by atomic mass is 10.0. The fourth-order valence-corrected chi connectivity index (χ4v) is 0.961. The van der Waals surface area contributed by atoms with Gasteiger partial charge in [-0.25, -0.2) is 0 Å². The number of hydrogen-bond donors (Lipinski definition) is 2. The minimum Gasteiger partial charge on any atom is -0.370 e. The number of carbonyl (C=O) groups is 1. The van der Waals surface area contributed by atoms with Crippen molar-refractivity contribution < 1.29 is 4.79 Å². The molecule has 0 radical (unpaired) electrons. The van der Waals surface area contributed by atoms with Crippen LogP contribution in [0.4, 0.5) is 0 Å². The van der Waals surface area contributed by atoms with Crippen LogP contribution in [0.25, 0.3) is 0 Å². The van der Waals surface area contributed by atoms with Crippen molar-refractivity contribution in [3.63, 3.8) is 0 Å². The van der Waals surface area contributed by atoms with Crippen molar-refractivity contribution in [2.75, 3.05) is 6.54 Å². The fourth-order valence-electron chi connectivity index (χ4n) is 0.961. The molecule has 0 aromatic carbocycles. The highest BCUT2D eigenvalue weighted by molar-refractivity contribution is 5.74. The molecule has 0 aromatic heterocycles. The molecule has 0 heterocycles. The molecule has 0 spiro atoms. The summed E-state index contributed by atoms with van der Waals surface area (Å²) in [5.41, 5.74) is 4.92. The third-order valence-electron chi connectivity index (χ3n) is 1.47. The van der Waals surface area contributed by atoms with E-state index >= 15 is 0 Å². The first kappa shape index (κ1) is 10.4. The van der Waals surface area contributed by atoms with Crippen LogP contribution in [-0.2, 0) is 4.79 Å². The van der Waals surface area contributed by atoms with Crippen molar-refractivity contribution in [3.05, 3.63) is 0 Å². The van der Waals surface area contributed by atoms with Crippen LogP contribution in [0.2, 0.25) is 0 Å². The van der Waals surface area contributed by atoms with Crippen molar-refractivity contribution in [1.82, 2.24) is 5.32 Å². The molecule has 0 aliphatic carbocycles. The van der Waals surface area contributed by atoms with E-state index in [4.69, 9.17) is 5.73 Å². The maximum absolute atomic E-state index is 10.6. The minimum atomic E-state index is -0.251. The minimum absolute atomic E-state index is 0.151. The fraction of sp³-hybridized carbons (Fsp3) is 0.875. The van der Waals surface area contributed by atoms with Gasteiger partial charge in [-0.3, -0.25) is 4.79 Å². The Hall–Kier alpha value is -0.570. The standard InChI is InChI=1S/C8H18N2O/c1-4-5-10-8(2,3)6-7(9)11/h10H,4-6H2,1-3H3,(H2,9,11). The first-order valence-corrected chi connectivity index (χ1v) is 4.01. The summed E-state index contributed by atoms with van der Waals surface area (Å²) in [4.78, 5) is 10.6. The van der Waals surface area contributed by atoms with Gasteiger partial charge in [0.05, 0.1) is 0 Å². The molecule has 66 valence electrons. The SMILES string of the molecule is CCCNC(C)(C)CC(N)=O. The predicted molar refractivity (Wildman–Crippen MR) is 46.2 cm³/mol. The van der Waals surface area contributed by atoms with E-state index in [9.17, 15) is 4.79 Å². The number of hydrogen-bond acceptors (Lipinski definition) is 2. The van der Waals surface area contributed by atoms with E-state index in [1.165, 1.54) is 0 Å². The maximum atomic E-state index is 10.6. The summed E-state index contributed by atoms with van der Waals surface area (Å²) in [5, 5.41) is 3.24. The lowest BCUT2D eigenvalue weighted by molar-refractivity contribution is -0.119. The van der Waals surface area contributed by atoms with Crippen LogP contribution < -0.4 is 11.1 Å². The number of primary amides is 1. The summed E-state index contributed by atoms with van der Waals surface area (Å²) in [5.74, 6) is -0.251. The zero-order valence-corrected chi connectivity index (χ0v) is 7.61. The Balaban J connectivity index is 3.70. The highest BCUT2D eigenvalue weighted by Crippen LogP contribution is 2.06. The molecule has 3 nitrogen and oxygen atoms in total. The summed E-state index contributed by atoms with van der Waals surface area (Å²) >= 11 is 0. The Kier molecular flexibility index (Phi) is 4.11. The van der Waals surface area contributed by atoms with E-state index in [0.29, 0.717) is 6.42 Å². The molecule has 0 unspecified atom stereocenters. The van der Waals surface area contributed by atoms with Crippen LogP contribution in [-0.4, -0.2) is 18.0 Å². The van der Waals surface area contributed by atoms with Crippen molar-refractivity contribution >= 4 is 5.91 Å². The summed E-state index contributed by atoms with van der Waals surface area (Å²) in [6.07, 6.45) is 1.47.